The number of hydrogen-bond acceptors (Lipinski definition) is 6. The van der Waals surface area contributed by atoms with Gasteiger partial charge >= 0.3 is 6.09 Å². The molecule has 8 nitrogen and oxygen atoms in total. The van der Waals surface area contributed by atoms with Gasteiger partial charge < -0.3 is 19.4 Å². The van der Waals surface area contributed by atoms with Crippen molar-refractivity contribution in [3.63, 3.8) is 0 Å². The molecule has 3 heterocycles. The van der Waals surface area contributed by atoms with Gasteiger partial charge in [-0.2, -0.15) is 0 Å². The number of hydrogen-bond donors (Lipinski definition) is 0. The normalized spacial score (nSPS) is 21.3. The van der Waals surface area contributed by atoms with E-state index in [1.54, 1.807) is 30.0 Å². The molecule has 0 N–H and O–H groups in total. The van der Waals surface area contributed by atoms with Crippen LogP contribution in [0.1, 0.15) is 45.1 Å². The number of nitrogens with zero attached hydrogens (tertiary/aromatic N) is 3. The minimum absolute atomic E-state index is 0.00369. The molecule has 2 amide bonds. The van der Waals surface area contributed by atoms with Gasteiger partial charge in [-0.05, 0) is 75.4 Å². The van der Waals surface area contributed by atoms with E-state index >= 15 is 0 Å². The molecule has 1 aromatic rings. The molecule has 1 aromatic carbocycles. The summed E-state index contributed by atoms with van der Waals surface area (Å²) in [7, 11) is -3.31. The van der Waals surface area contributed by atoms with E-state index in [1.165, 1.54) is 6.26 Å². The lowest BCUT2D eigenvalue weighted by Gasteiger charge is -2.42. The maximum atomic E-state index is 12.3. The summed E-state index contributed by atoms with van der Waals surface area (Å²) in [5, 5.41) is 0. The number of fused-ring (bicyclic) bond motifs is 2. The number of benzene rings is 1. The Morgan fingerprint density at radius 3 is 2.36 bits per heavy atom. The first-order chi connectivity index (χ1) is 15.6. The van der Waals surface area contributed by atoms with Crippen LogP contribution in [-0.4, -0.2) is 82.3 Å². The van der Waals surface area contributed by atoms with Gasteiger partial charge in [0.2, 0.25) is 5.91 Å². The second-order valence-electron chi connectivity index (χ2n) is 9.77. The van der Waals surface area contributed by atoms with Crippen LogP contribution in [0.25, 0.3) is 0 Å². The summed E-state index contributed by atoms with van der Waals surface area (Å²) in [5.74, 6) is 0.558. The van der Waals surface area contributed by atoms with Crippen LogP contribution >= 0.6 is 0 Å². The fourth-order valence-electron chi connectivity index (χ4n) is 5.63. The summed E-state index contributed by atoms with van der Waals surface area (Å²) in [6, 6.07) is 5.21. The highest BCUT2D eigenvalue weighted by molar-refractivity contribution is 7.90. The first kappa shape index (κ1) is 24.0. The number of amides is 2. The Labute approximate surface area is 196 Å². The molecule has 2 fully saturated rings. The summed E-state index contributed by atoms with van der Waals surface area (Å²) >= 11 is 0. The SMILES string of the molecule is CCOC(=O)N1CCC(CN2CCC3(CC2)CN(C(C)=O)c2ccc(S(C)(=O)=O)cc23)CC1. The highest BCUT2D eigenvalue weighted by Gasteiger charge is 2.46. The van der Waals surface area contributed by atoms with E-state index in [9.17, 15) is 18.0 Å². The highest BCUT2D eigenvalue weighted by Crippen LogP contribution is 2.48. The number of rotatable bonds is 4. The van der Waals surface area contributed by atoms with E-state index in [0.717, 1.165) is 69.7 Å². The summed E-state index contributed by atoms with van der Waals surface area (Å²) in [6.45, 7) is 8.78. The molecular formula is C24H35N3O5S. The largest absolute Gasteiger partial charge is 0.450 e. The predicted octanol–water partition coefficient (Wildman–Crippen LogP) is 2.66. The van der Waals surface area contributed by atoms with Crippen molar-refractivity contribution in [2.45, 2.75) is 49.8 Å². The van der Waals surface area contributed by atoms with Crippen molar-refractivity contribution < 1.29 is 22.7 Å². The highest BCUT2D eigenvalue weighted by atomic mass is 32.2. The van der Waals surface area contributed by atoms with E-state index < -0.39 is 9.84 Å². The predicted molar refractivity (Wildman–Crippen MR) is 126 cm³/mol. The number of carbonyl (C=O) groups is 2. The van der Waals surface area contributed by atoms with Crippen molar-refractivity contribution in [2.75, 3.05) is 57.0 Å². The monoisotopic (exact) mass is 477 g/mol. The Kier molecular flexibility index (Phi) is 6.73. The second kappa shape index (κ2) is 9.25. The van der Waals surface area contributed by atoms with Crippen LogP contribution in [0, 0.1) is 5.92 Å². The molecule has 3 aliphatic heterocycles. The fourth-order valence-corrected chi connectivity index (χ4v) is 6.28. The third-order valence-corrected chi connectivity index (χ3v) is 8.68. The number of piperidine rings is 2. The van der Waals surface area contributed by atoms with Gasteiger partial charge in [-0.25, -0.2) is 13.2 Å². The van der Waals surface area contributed by atoms with E-state index in [-0.39, 0.29) is 17.4 Å². The zero-order valence-electron chi connectivity index (χ0n) is 19.9. The minimum atomic E-state index is -3.31. The van der Waals surface area contributed by atoms with Crippen molar-refractivity contribution in [1.82, 2.24) is 9.80 Å². The van der Waals surface area contributed by atoms with Gasteiger partial charge in [0.1, 0.15) is 0 Å². The number of anilines is 1. The van der Waals surface area contributed by atoms with Crippen LogP contribution in [-0.2, 0) is 24.8 Å². The summed E-state index contributed by atoms with van der Waals surface area (Å²) in [5.41, 5.74) is 1.67. The Morgan fingerprint density at radius 2 is 1.79 bits per heavy atom. The van der Waals surface area contributed by atoms with Gasteiger partial charge in [0, 0.05) is 50.5 Å². The Morgan fingerprint density at radius 1 is 1.12 bits per heavy atom. The quantitative estimate of drug-likeness (QED) is 0.663. The average molecular weight is 478 g/mol. The van der Waals surface area contributed by atoms with Crippen LogP contribution in [0.2, 0.25) is 0 Å². The lowest BCUT2D eigenvalue weighted by molar-refractivity contribution is -0.116. The molecule has 0 atom stereocenters. The molecule has 3 aliphatic rings. The van der Waals surface area contributed by atoms with Crippen LogP contribution in [0.5, 0.6) is 0 Å². The molecule has 0 aromatic heterocycles. The second-order valence-corrected chi connectivity index (χ2v) is 11.8. The molecule has 33 heavy (non-hydrogen) atoms. The molecule has 2 saturated heterocycles. The molecule has 1 spiro atoms. The van der Waals surface area contributed by atoms with Crippen molar-refractivity contribution >= 4 is 27.5 Å². The van der Waals surface area contributed by atoms with Crippen LogP contribution in [0.3, 0.4) is 0 Å². The Hall–Kier alpha value is -2.13. The average Bonchev–Trinajstić information content (AvgIpc) is 3.09. The Bertz CT molecular complexity index is 1010. The standard InChI is InChI=1S/C24H35N3O5S/c1-4-32-23(29)26-11-7-19(8-12-26)16-25-13-9-24(10-14-25)17-27(18(2)28)22-6-5-20(15-21(22)24)33(3,30)31/h5-6,15,19H,4,7-14,16-17H2,1-3H3. The molecule has 0 radical (unpaired) electrons. The smallest absolute Gasteiger partial charge is 0.409 e. The van der Waals surface area contributed by atoms with Crippen LogP contribution < -0.4 is 4.90 Å². The van der Waals surface area contributed by atoms with E-state index in [0.29, 0.717) is 24.0 Å². The van der Waals surface area contributed by atoms with E-state index in [2.05, 4.69) is 4.90 Å². The number of sulfone groups is 1. The zero-order chi connectivity index (χ0) is 23.8. The minimum Gasteiger partial charge on any atom is -0.450 e. The lowest BCUT2D eigenvalue weighted by atomic mass is 9.74. The maximum Gasteiger partial charge on any atom is 0.409 e. The number of carbonyl (C=O) groups excluding carboxylic acids is 2. The summed E-state index contributed by atoms with van der Waals surface area (Å²) in [6.07, 6.45) is 4.80. The van der Waals surface area contributed by atoms with E-state index in [4.69, 9.17) is 4.74 Å². The van der Waals surface area contributed by atoms with Gasteiger partial charge in [0.15, 0.2) is 9.84 Å². The third-order valence-electron chi connectivity index (χ3n) is 7.57. The zero-order valence-corrected chi connectivity index (χ0v) is 20.7. The molecule has 0 saturated carbocycles. The molecule has 0 unspecified atom stereocenters. The lowest BCUT2D eigenvalue weighted by Crippen LogP contribution is -2.48. The third kappa shape index (κ3) is 4.89. The van der Waals surface area contributed by atoms with Gasteiger partial charge in [-0.15, -0.1) is 0 Å². The molecule has 0 aliphatic carbocycles. The van der Waals surface area contributed by atoms with Crippen molar-refractivity contribution in [3.8, 4) is 0 Å². The first-order valence-corrected chi connectivity index (χ1v) is 13.8. The maximum absolute atomic E-state index is 12.3. The number of likely N-dealkylation sites (tertiary alicyclic amines) is 2. The van der Waals surface area contributed by atoms with Crippen molar-refractivity contribution in [1.29, 1.82) is 0 Å². The van der Waals surface area contributed by atoms with Gasteiger partial charge in [-0.1, -0.05) is 0 Å². The van der Waals surface area contributed by atoms with Crippen molar-refractivity contribution in [3.05, 3.63) is 23.8 Å². The van der Waals surface area contributed by atoms with Gasteiger partial charge in [-0.3, -0.25) is 4.79 Å². The fraction of sp³-hybridized carbons (Fsp3) is 0.667. The summed E-state index contributed by atoms with van der Waals surface area (Å²) in [4.78, 5) is 30.7. The van der Waals surface area contributed by atoms with Crippen molar-refractivity contribution in [2.24, 2.45) is 5.92 Å². The van der Waals surface area contributed by atoms with Gasteiger partial charge in [0.05, 0.1) is 11.5 Å². The number of ether oxygens (including phenoxy) is 1. The molecule has 9 heteroatoms. The first-order valence-electron chi connectivity index (χ1n) is 11.9. The topological polar surface area (TPSA) is 87.2 Å². The molecule has 0 bridgehead atoms. The van der Waals surface area contributed by atoms with E-state index in [1.807, 2.05) is 11.8 Å². The molecule has 4 rings (SSSR count). The van der Waals surface area contributed by atoms with Crippen LogP contribution in [0.15, 0.2) is 23.1 Å². The van der Waals surface area contributed by atoms with Gasteiger partial charge in [0.25, 0.3) is 0 Å². The molecular weight excluding hydrogens is 442 g/mol. The Balaban J connectivity index is 1.41. The summed E-state index contributed by atoms with van der Waals surface area (Å²) < 4.78 is 29.5. The molecule has 182 valence electrons. The van der Waals surface area contributed by atoms with Crippen LogP contribution in [0.4, 0.5) is 10.5 Å².